The first kappa shape index (κ1) is 28.7. The van der Waals surface area contributed by atoms with Gasteiger partial charge in [0, 0.05) is 43.0 Å². The van der Waals surface area contributed by atoms with E-state index < -0.39 is 23.8 Å². The zero-order valence-corrected chi connectivity index (χ0v) is 24.6. The van der Waals surface area contributed by atoms with Gasteiger partial charge in [-0.05, 0) is 81.5 Å². The maximum absolute atomic E-state index is 13.2. The lowest BCUT2D eigenvalue weighted by Crippen LogP contribution is -2.42. The van der Waals surface area contributed by atoms with E-state index in [-0.39, 0.29) is 6.09 Å². The van der Waals surface area contributed by atoms with E-state index in [4.69, 9.17) is 25.8 Å². The monoisotopic (exact) mass is 581 g/mol. The predicted octanol–water partition coefficient (Wildman–Crippen LogP) is 5.90. The molecule has 3 aromatic rings. The van der Waals surface area contributed by atoms with Gasteiger partial charge in [0.25, 0.3) is 0 Å². The van der Waals surface area contributed by atoms with Crippen molar-refractivity contribution in [1.82, 2.24) is 19.9 Å². The van der Waals surface area contributed by atoms with E-state index in [1.54, 1.807) is 29.0 Å². The minimum absolute atomic E-state index is 0.261. The van der Waals surface area contributed by atoms with Crippen LogP contribution in [-0.2, 0) is 22.4 Å². The lowest BCUT2D eigenvalue weighted by molar-refractivity contribution is 0.0177. The summed E-state index contributed by atoms with van der Waals surface area (Å²) in [5, 5.41) is 9.35. The van der Waals surface area contributed by atoms with Crippen molar-refractivity contribution in [1.29, 1.82) is 0 Å². The summed E-state index contributed by atoms with van der Waals surface area (Å²) in [5.41, 5.74) is 1.81. The number of carbonyl (C=O) groups excluding carboxylic acids is 2. The Labute approximate surface area is 245 Å². The van der Waals surface area contributed by atoms with E-state index in [9.17, 15) is 9.59 Å². The molecule has 0 aliphatic carbocycles. The number of rotatable bonds is 7. The number of methoxy groups -OCH3 is 1. The highest BCUT2D eigenvalue weighted by Gasteiger charge is 2.44. The summed E-state index contributed by atoms with van der Waals surface area (Å²) in [7, 11) is 1.61. The highest BCUT2D eigenvalue weighted by atomic mass is 35.5. The van der Waals surface area contributed by atoms with Crippen LogP contribution >= 0.6 is 11.6 Å². The van der Waals surface area contributed by atoms with Gasteiger partial charge in [-0.1, -0.05) is 28.9 Å². The van der Waals surface area contributed by atoms with Gasteiger partial charge in [0.05, 0.1) is 12.8 Å². The minimum atomic E-state index is -0.504. The third kappa shape index (κ3) is 6.93. The molecule has 1 aromatic heterocycles. The van der Waals surface area contributed by atoms with Gasteiger partial charge >= 0.3 is 12.2 Å². The third-order valence-corrected chi connectivity index (χ3v) is 7.58. The van der Waals surface area contributed by atoms with Crippen LogP contribution in [0.4, 0.5) is 15.3 Å². The second-order valence-corrected chi connectivity index (χ2v) is 12.0. The molecule has 0 saturated carbocycles. The molecule has 2 aliphatic rings. The van der Waals surface area contributed by atoms with Gasteiger partial charge in [0.15, 0.2) is 0 Å². The Morgan fingerprint density at radius 1 is 1.12 bits per heavy atom. The summed E-state index contributed by atoms with van der Waals surface area (Å²) in [6, 6.07) is 14.4. The van der Waals surface area contributed by atoms with Crippen molar-refractivity contribution in [3.05, 3.63) is 71.0 Å². The highest BCUT2D eigenvalue weighted by molar-refractivity contribution is 6.30. The average molecular weight is 582 g/mol. The van der Waals surface area contributed by atoms with E-state index in [1.165, 1.54) is 0 Å². The fourth-order valence-electron chi connectivity index (χ4n) is 5.36. The van der Waals surface area contributed by atoms with Gasteiger partial charge in [0.1, 0.15) is 23.5 Å². The summed E-state index contributed by atoms with van der Waals surface area (Å²) in [6.07, 6.45) is 2.85. The maximum atomic E-state index is 13.2. The summed E-state index contributed by atoms with van der Waals surface area (Å²) in [4.78, 5) is 29.0. The molecule has 11 heteroatoms. The van der Waals surface area contributed by atoms with Gasteiger partial charge in [-0.15, -0.1) is 5.10 Å². The third-order valence-electron chi connectivity index (χ3n) is 7.33. The second-order valence-electron chi connectivity index (χ2n) is 11.5. The van der Waals surface area contributed by atoms with Crippen molar-refractivity contribution < 1.29 is 23.8 Å². The number of piperidine rings is 1. The van der Waals surface area contributed by atoms with Crippen LogP contribution in [-0.4, -0.2) is 64.0 Å². The number of benzene rings is 2. The Hall–Kier alpha value is -3.79. The predicted molar refractivity (Wildman–Crippen MR) is 154 cm³/mol. The Morgan fingerprint density at radius 2 is 1.85 bits per heavy atom. The summed E-state index contributed by atoms with van der Waals surface area (Å²) >= 11 is 6.11. The van der Waals surface area contributed by atoms with Gasteiger partial charge in [-0.3, -0.25) is 9.58 Å². The Morgan fingerprint density at radius 3 is 2.54 bits per heavy atom. The normalized spacial score (nSPS) is 19.8. The molecule has 0 N–H and O–H groups in total. The zero-order chi connectivity index (χ0) is 29.1. The van der Waals surface area contributed by atoms with Crippen molar-refractivity contribution in [3.63, 3.8) is 0 Å². The number of halogens is 1. The first-order valence-electron chi connectivity index (χ1n) is 13.9. The van der Waals surface area contributed by atoms with Crippen LogP contribution in [0.3, 0.4) is 0 Å². The molecule has 0 radical (unpaired) electrons. The molecule has 0 spiro atoms. The van der Waals surface area contributed by atoms with Crippen molar-refractivity contribution in [2.75, 3.05) is 25.1 Å². The number of aromatic nitrogens is 3. The van der Waals surface area contributed by atoms with Crippen LogP contribution in [0.5, 0.6) is 5.75 Å². The summed E-state index contributed by atoms with van der Waals surface area (Å²) in [6.45, 7) is 7.64. The molecule has 5 rings (SSSR count). The molecule has 2 fully saturated rings. The first-order valence-corrected chi connectivity index (χ1v) is 14.2. The molecule has 10 nitrogen and oxygen atoms in total. The Kier molecular flexibility index (Phi) is 8.40. The molecule has 2 aromatic carbocycles. The molecule has 2 aliphatic heterocycles. The summed E-state index contributed by atoms with van der Waals surface area (Å²) < 4.78 is 18.7. The second kappa shape index (κ2) is 12.0. The van der Waals surface area contributed by atoms with E-state index in [2.05, 4.69) is 10.3 Å². The number of cyclic esters (lactones) is 1. The number of ether oxygens (including phenoxy) is 3. The smallest absolute Gasteiger partial charge is 0.415 e. The minimum Gasteiger partial charge on any atom is -0.497 e. The Balaban J connectivity index is 1.27. The highest BCUT2D eigenvalue weighted by Crippen LogP contribution is 2.40. The molecule has 0 bridgehead atoms. The fraction of sp³-hybridized carbons (Fsp3) is 0.467. The number of hydrogen-bond donors (Lipinski definition) is 0. The number of amides is 2. The molecule has 2 saturated heterocycles. The largest absolute Gasteiger partial charge is 0.497 e. The van der Waals surface area contributed by atoms with Crippen LogP contribution < -0.4 is 9.64 Å². The van der Waals surface area contributed by atoms with Gasteiger partial charge in [-0.25, -0.2) is 9.59 Å². The van der Waals surface area contributed by atoms with Crippen LogP contribution in [0.2, 0.25) is 5.02 Å². The van der Waals surface area contributed by atoms with E-state index in [0.29, 0.717) is 48.4 Å². The van der Waals surface area contributed by atoms with Gasteiger partial charge in [-0.2, -0.15) is 0 Å². The van der Waals surface area contributed by atoms with Crippen molar-refractivity contribution in [2.24, 2.45) is 5.92 Å². The zero-order valence-electron chi connectivity index (χ0n) is 23.8. The van der Waals surface area contributed by atoms with Crippen molar-refractivity contribution >= 4 is 29.5 Å². The average Bonchev–Trinajstić information content (AvgIpc) is 3.51. The van der Waals surface area contributed by atoms with Crippen molar-refractivity contribution in [3.8, 4) is 5.75 Å². The first-order chi connectivity index (χ1) is 19.6. The van der Waals surface area contributed by atoms with E-state index in [0.717, 1.165) is 24.1 Å². The van der Waals surface area contributed by atoms with Crippen LogP contribution in [0, 0.1) is 5.92 Å². The standard InChI is InChI=1S/C30H36ClN5O5/c1-30(2,3)41-28(37)34-14-12-20(13-15-34)18-35-19-23(32-33-35)17-26-27(21-6-5-7-25(16-21)39-4)36(29(38)40-26)24-10-8-22(31)9-11-24/h5-11,16,19-20,26-27H,12-15,17-18H2,1-4H3/t26-,27-/m0/s1. The van der Waals surface area contributed by atoms with Gasteiger partial charge < -0.3 is 19.1 Å². The van der Waals surface area contributed by atoms with Crippen LogP contribution in [0.25, 0.3) is 0 Å². The van der Waals surface area contributed by atoms with Gasteiger partial charge in [0.2, 0.25) is 0 Å². The lowest BCUT2D eigenvalue weighted by atomic mass is 9.96. The molecule has 3 heterocycles. The Bertz CT molecular complexity index is 1360. The maximum Gasteiger partial charge on any atom is 0.415 e. The molecule has 2 atom stereocenters. The fourth-order valence-corrected chi connectivity index (χ4v) is 5.48. The molecular formula is C30H36ClN5O5. The SMILES string of the molecule is COc1cccc([C@H]2[C@H](Cc3cn(CC4CCN(C(=O)OC(C)(C)C)CC4)nn3)OC(=O)N2c2ccc(Cl)cc2)c1. The molecular weight excluding hydrogens is 546 g/mol. The topological polar surface area (TPSA) is 99.0 Å². The number of nitrogens with zero attached hydrogens (tertiary/aromatic N) is 5. The lowest BCUT2D eigenvalue weighted by Gasteiger charge is -2.33. The molecule has 0 unspecified atom stereocenters. The molecule has 2 amide bonds. The summed E-state index contributed by atoms with van der Waals surface area (Å²) in [5.74, 6) is 1.07. The van der Waals surface area contributed by atoms with Crippen molar-refractivity contribution in [2.45, 2.75) is 64.3 Å². The number of hydrogen-bond acceptors (Lipinski definition) is 7. The molecule has 218 valence electrons. The van der Waals surface area contributed by atoms with Crippen LogP contribution in [0.1, 0.15) is 50.9 Å². The van der Waals surface area contributed by atoms with E-state index >= 15 is 0 Å². The number of anilines is 1. The van der Waals surface area contributed by atoms with E-state index in [1.807, 2.05) is 68.0 Å². The molecule has 41 heavy (non-hydrogen) atoms. The number of likely N-dealkylation sites (tertiary alicyclic amines) is 1. The number of carbonyl (C=O) groups is 2. The van der Waals surface area contributed by atoms with Crippen LogP contribution in [0.15, 0.2) is 54.7 Å². The quantitative estimate of drug-likeness (QED) is 0.343.